The number of carbonyl (C=O) groups is 2. The monoisotopic (exact) mass is 277 g/mol. The Labute approximate surface area is 119 Å². The number of aromatic nitrogens is 2. The highest BCUT2D eigenvalue weighted by Gasteiger charge is 2.26. The molecule has 1 amide bonds. The van der Waals surface area contributed by atoms with Crippen molar-refractivity contribution in [2.75, 3.05) is 0 Å². The number of benzene rings is 1. The third-order valence-corrected chi connectivity index (χ3v) is 3.77. The number of pyridine rings is 1. The highest BCUT2D eigenvalue weighted by atomic mass is 16.1. The predicted octanol–water partition coefficient (Wildman–Crippen LogP) is 2.41. The molecule has 0 spiro atoms. The van der Waals surface area contributed by atoms with Gasteiger partial charge in [-0.1, -0.05) is 24.3 Å². The Bertz CT molecular complexity index is 966. The van der Waals surface area contributed by atoms with Gasteiger partial charge in [0, 0.05) is 17.3 Å². The molecule has 5 nitrogen and oxygen atoms in total. The van der Waals surface area contributed by atoms with Gasteiger partial charge in [0.2, 0.25) is 0 Å². The van der Waals surface area contributed by atoms with Crippen LogP contribution in [-0.4, -0.2) is 21.7 Å². The third kappa shape index (κ3) is 1.54. The topological polar surface area (TPSA) is 88.8 Å². The summed E-state index contributed by atoms with van der Waals surface area (Å²) in [6, 6.07) is 7.62. The van der Waals surface area contributed by atoms with Crippen LogP contribution in [0.2, 0.25) is 0 Å². The van der Waals surface area contributed by atoms with Crippen LogP contribution >= 0.6 is 0 Å². The van der Waals surface area contributed by atoms with Crippen LogP contribution in [0.4, 0.5) is 0 Å². The van der Waals surface area contributed by atoms with Gasteiger partial charge in [-0.2, -0.15) is 0 Å². The van der Waals surface area contributed by atoms with Crippen LogP contribution in [0, 0.1) is 0 Å². The standard InChI is InChI=1S/C16H11N3O2/c17-16(21)13-12-10(6-3-7-11(12)20)19-14-8-4-1-2-5-9(8)18-15(13)14/h1-6,18H,7H2,(H2,17,21). The summed E-state index contributed by atoms with van der Waals surface area (Å²) in [6.45, 7) is 0. The number of allylic oxidation sites excluding steroid dienone is 1. The zero-order chi connectivity index (χ0) is 14.6. The maximum Gasteiger partial charge on any atom is 0.251 e. The van der Waals surface area contributed by atoms with Crippen LogP contribution in [0.15, 0.2) is 30.3 Å². The molecule has 0 aliphatic heterocycles. The highest BCUT2D eigenvalue weighted by molar-refractivity contribution is 6.20. The first-order valence-corrected chi connectivity index (χ1v) is 6.61. The minimum atomic E-state index is -0.617. The molecule has 0 unspecified atom stereocenters. The van der Waals surface area contributed by atoms with Gasteiger partial charge in [0.15, 0.2) is 5.78 Å². The molecule has 0 saturated heterocycles. The number of nitrogens with zero attached hydrogens (tertiary/aromatic N) is 1. The van der Waals surface area contributed by atoms with Crippen molar-refractivity contribution in [3.05, 3.63) is 47.2 Å². The Balaban J connectivity index is 2.27. The number of H-pyrrole nitrogens is 1. The summed E-state index contributed by atoms with van der Waals surface area (Å²) >= 11 is 0. The zero-order valence-electron chi connectivity index (χ0n) is 11.0. The SMILES string of the molecule is NC(=O)c1c2c(nc3c1[nH]c1ccccc13)C=CCC2=O. The molecule has 1 aliphatic carbocycles. The Morgan fingerprint density at radius 1 is 1.29 bits per heavy atom. The van der Waals surface area contributed by atoms with Crippen molar-refractivity contribution in [3.8, 4) is 0 Å². The molecule has 1 aliphatic rings. The van der Waals surface area contributed by atoms with E-state index in [4.69, 9.17) is 5.73 Å². The molecule has 3 aromatic rings. The van der Waals surface area contributed by atoms with E-state index in [1.54, 1.807) is 12.2 Å². The van der Waals surface area contributed by atoms with Gasteiger partial charge in [-0.25, -0.2) is 4.98 Å². The fourth-order valence-electron chi connectivity index (χ4n) is 2.88. The Hall–Kier alpha value is -2.95. The first-order valence-electron chi connectivity index (χ1n) is 6.61. The predicted molar refractivity (Wildman–Crippen MR) is 80.1 cm³/mol. The number of ketones is 1. The molecule has 3 N–H and O–H groups in total. The van der Waals surface area contributed by atoms with E-state index in [2.05, 4.69) is 9.97 Å². The van der Waals surface area contributed by atoms with Gasteiger partial charge >= 0.3 is 0 Å². The highest BCUT2D eigenvalue weighted by Crippen LogP contribution is 2.31. The Morgan fingerprint density at radius 3 is 2.90 bits per heavy atom. The molecule has 21 heavy (non-hydrogen) atoms. The Kier molecular flexibility index (Phi) is 2.27. The number of Topliss-reactive ketones (excluding diaryl/α,β-unsaturated/α-hetero) is 1. The second-order valence-corrected chi connectivity index (χ2v) is 5.04. The smallest absolute Gasteiger partial charge is 0.251 e. The van der Waals surface area contributed by atoms with Crippen molar-refractivity contribution < 1.29 is 9.59 Å². The number of carbonyl (C=O) groups excluding carboxylic acids is 2. The van der Waals surface area contributed by atoms with Crippen molar-refractivity contribution in [3.63, 3.8) is 0 Å². The third-order valence-electron chi connectivity index (χ3n) is 3.77. The average Bonchev–Trinajstić information content (AvgIpc) is 2.83. The minimum absolute atomic E-state index is 0.130. The lowest BCUT2D eigenvalue weighted by Gasteiger charge is -2.12. The average molecular weight is 277 g/mol. The van der Waals surface area contributed by atoms with E-state index in [1.165, 1.54) is 0 Å². The first-order chi connectivity index (χ1) is 10.2. The maximum absolute atomic E-state index is 12.2. The van der Waals surface area contributed by atoms with Crippen molar-refractivity contribution in [2.45, 2.75) is 6.42 Å². The molecule has 0 bridgehead atoms. The van der Waals surface area contributed by atoms with Crippen LogP contribution in [-0.2, 0) is 0 Å². The fourth-order valence-corrected chi connectivity index (χ4v) is 2.88. The lowest BCUT2D eigenvalue weighted by Crippen LogP contribution is -2.20. The number of rotatable bonds is 1. The van der Waals surface area contributed by atoms with Gasteiger partial charge in [-0.05, 0) is 12.1 Å². The van der Waals surface area contributed by atoms with E-state index in [0.29, 0.717) is 22.3 Å². The summed E-state index contributed by atoms with van der Waals surface area (Å²) < 4.78 is 0. The van der Waals surface area contributed by atoms with Crippen molar-refractivity contribution >= 4 is 39.7 Å². The molecule has 0 atom stereocenters. The molecular formula is C16H11N3O2. The number of para-hydroxylation sites is 1. The van der Waals surface area contributed by atoms with Crippen molar-refractivity contribution in [2.24, 2.45) is 5.73 Å². The van der Waals surface area contributed by atoms with Crippen molar-refractivity contribution in [1.82, 2.24) is 9.97 Å². The number of hydrogen-bond acceptors (Lipinski definition) is 3. The number of nitrogens with two attached hydrogens (primary N) is 1. The zero-order valence-corrected chi connectivity index (χ0v) is 11.0. The maximum atomic E-state index is 12.2. The van der Waals surface area contributed by atoms with Crippen LogP contribution in [0.25, 0.3) is 28.0 Å². The van der Waals surface area contributed by atoms with E-state index in [0.717, 1.165) is 10.9 Å². The summed E-state index contributed by atoms with van der Waals surface area (Å²) in [4.78, 5) is 31.8. The van der Waals surface area contributed by atoms with Gasteiger partial charge in [-0.15, -0.1) is 0 Å². The van der Waals surface area contributed by atoms with Gasteiger partial charge in [0.25, 0.3) is 5.91 Å². The largest absolute Gasteiger partial charge is 0.366 e. The molecule has 4 rings (SSSR count). The normalized spacial score (nSPS) is 13.8. The molecule has 0 radical (unpaired) electrons. The number of amides is 1. The van der Waals surface area contributed by atoms with Crippen molar-refractivity contribution in [1.29, 1.82) is 0 Å². The summed E-state index contributed by atoms with van der Waals surface area (Å²) in [6.07, 6.45) is 3.79. The molecule has 0 saturated carbocycles. The molecule has 102 valence electrons. The number of fused-ring (bicyclic) bond motifs is 4. The van der Waals surface area contributed by atoms with Crippen LogP contribution < -0.4 is 5.73 Å². The number of hydrogen-bond donors (Lipinski definition) is 2. The van der Waals surface area contributed by atoms with Gasteiger partial charge in [0.05, 0.1) is 27.9 Å². The number of primary amides is 1. The molecule has 1 aromatic carbocycles. The molecule has 2 heterocycles. The molecule has 2 aromatic heterocycles. The fraction of sp³-hybridized carbons (Fsp3) is 0.0625. The second kappa shape index (κ2) is 4.02. The van der Waals surface area contributed by atoms with E-state index in [1.807, 2.05) is 24.3 Å². The number of aromatic amines is 1. The molecule has 5 heteroatoms. The summed E-state index contributed by atoms with van der Waals surface area (Å²) in [5.74, 6) is -0.747. The van der Waals surface area contributed by atoms with Gasteiger partial charge in [-0.3, -0.25) is 9.59 Å². The van der Waals surface area contributed by atoms with Gasteiger partial charge in [0.1, 0.15) is 0 Å². The van der Waals surface area contributed by atoms with E-state index in [-0.39, 0.29) is 17.8 Å². The lowest BCUT2D eigenvalue weighted by atomic mass is 9.94. The lowest BCUT2D eigenvalue weighted by molar-refractivity contribution is 0.0965. The van der Waals surface area contributed by atoms with E-state index in [9.17, 15) is 9.59 Å². The summed E-state index contributed by atoms with van der Waals surface area (Å²) in [7, 11) is 0. The Morgan fingerprint density at radius 2 is 2.10 bits per heavy atom. The van der Waals surface area contributed by atoms with Crippen LogP contribution in [0.5, 0.6) is 0 Å². The molecular weight excluding hydrogens is 266 g/mol. The summed E-state index contributed by atoms with van der Waals surface area (Å²) in [5, 5.41) is 0.907. The van der Waals surface area contributed by atoms with Crippen LogP contribution in [0.3, 0.4) is 0 Å². The first kappa shape index (κ1) is 11.8. The van der Waals surface area contributed by atoms with Gasteiger partial charge < -0.3 is 10.7 Å². The molecule has 0 fully saturated rings. The van der Waals surface area contributed by atoms with E-state index < -0.39 is 5.91 Å². The second-order valence-electron chi connectivity index (χ2n) is 5.04. The number of nitrogens with one attached hydrogen (secondary N) is 1. The van der Waals surface area contributed by atoms with E-state index >= 15 is 0 Å². The minimum Gasteiger partial charge on any atom is -0.366 e. The quantitative estimate of drug-likeness (QED) is 0.715. The van der Waals surface area contributed by atoms with Crippen LogP contribution in [0.1, 0.15) is 32.8 Å². The summed E-state index contributed by atoms with van der Waals surface area (Å²) in [5.41, 5.74) is 8.66.